The molecule has 1 rings (SSSR count). The van der Waals surface area contributed by atoms with Crippen LogP contribution in [0.1, 0.15) is 19.3 Å². The smallest absolute Gasteiger partial charge is 0.137 e. The Morgan fingerprint density at radius 2 is 2.12 bits per heavy atom. The Morgan fingerprint density at radius 3 is 2.69 bits per heavy atom. The van der Waals surface area contributed by atoms with Gasteiger partial charge in [0, 0.05) is 13.6 Å². The molecule has 1 heterocycles. The molecule has 0 aliphatic heterocycles. The van der Waals surface area contributed by atoms with Crippen LogP contribution in [0.5, 0.6) is 5.75 Å². The lowest BCUT2D eigenvalue weighted by molar-refractivity contribution is 0.413. The fraction of sp³-hybridized carbons (Fsp3) is 0.583. The molecule has 1 aromatic rings. The molecule has 0 saturated carbocycles. The number of hydrogen-bond donors (Lipinski definition) is 1. The molecule has 0 bridgehead atoms. The average molecular weight is 223 g/mol. The topological polar surface area (TPSA) is 51.4 Å². The molecule has 0 spiro atoms. The fourth-order valence-corrected chi connectivity index (χ4v) is 1.50. The molecule has 0 fully saturated rings. The molecule has 2 N–H and O–H groups in total. The van der Waals surface area contributed by atoms with Gasteiger partial charge in [0.1, 0.15) is 11.6 Å². The van der Waals surface area contributed by atoms with Crippen molar-refractivity contribution in [3.05, 3.63) is 18.3 Å². The Kier molecular flexibility index (Phi) is 5.64. The summed E-state index contributed by atoms with van der Waals surface area (Å²) in [5.41, 5.74) is 5.45. The summed E-state index contributed by atoms with van der Waals surface area (Å²) in [4.78, 5) is 6.47. The molecule has 0 aliphatic carbocycles. The van der Waals surface area contributed by atoms with Crippen LogP contribution in [0.4, 0.5) is 5.82 Å². The second kappa shape index (κ2) is 7.06. The predicted molar refractivity (Wildman–Crippen MR) is 67.0 cm³/mol. The van der Waals surface area contributed by atoms with Crippen LogP contribution in [0.25, 0.3) is 0 Å². The van der Waals surface area contributed by atoms with Gasteiger partial charge in [-0.15, -0.1) is 0 Å². The predicted octanol–water partition coefficient (Wildman–Crippen LogP) is 1.66. The SMILES string of the molecule is COc1ccc(N(C)CCCCCN)nc1. The highest BCUT2D eigenvalue weighted by molar-refractivity contribution is 5.39. The highest BCUT2D eigenvalue weighted by Crippen LogP contribution is 2.14. The van der Waals surface area contributed by atoms with Crippen LogP contribution >= 0.6 is 0 Å². The third kappa shape index (κ3) is 4.06. The van der Waals surface area contributed by atoms with Gasteiger partial charge < -0.3 is 15.4 Å². The Bertz CT molecular complexity index is 287. The number of methoxy groups -OCH3 is 1. The van der Waals surface area contributed by atoms with Crippen LogP contribution < -0.4 is 15.4 Å². The maximum atomic E-state index is 5.45. The number of ether oxygens (including phenoxy) is 1. The van der Waals surface area contributed by atoms with E-state index in [0.717, 1.165) is 37.5 Å². The average Bonchev–Trinajstić information content (AvgIpc) is 2.34. The van der Waals surface area contributed by atoms with E-state index in [0.29, 0.717) is 0 Å². The van der Waals surface area contributed by atoms with Crippen molar-refractivity contribution in [3.63, 3.8) is 0 Å². The maximum absolute atomic E-state index is 5.45. The highest BCUT2D eigenvalue weighted by atomic mass is 16.5. The quantitative estimate of drug-likeness (QED) is 0.714. The van der Waals surface area contributed by atoms with Crippen LogP contribution in [0, 0.1) is 0 Å². The van der Waals surface area contributed by atoms with Crippen LogP contribution in [0.3, 0.4) is 0 Å². The Hall–Kier alpha value is -1.29. The van der Waals surface area contributed by atoms with Gasteiger partial charge in [-0.1, -0.05) is 6.42 Å². The van der Waals surface area contributed by atoms with Crippen molar-refractivity contribution in [3.8, 4) is 5.75 Å². The second-order valence-corrected chi connectivity index (χ2v) is 3.83. The first-order valence-electron chi connectivity index (χ1n) is 5.69. The van der Waals surface area contributed by atoms with E-state index in [9.17, 15) is 0 Å². The highest BCUT2D eigenvalue weighted by Gasteiger charge is 2.01. The van der Waals surface area contributed by atoms with Crippen molar-refractivity contribution in [2.24, 2.45) is 5.73 Å². The summed E-state index contributed by atoms with van der Waals surface area (Å²) in [6.45, 7) is 1.80. The van der Waals surface area contributed by atoms with Crippen LogP contribution in [-0.4, -0.2) is 32.2 Å². The number of rotatable bonds is 7. The van der Waals surface area contributed by atoms with Crippen molar-refractivity contribution in [2.75, 3.05) is 32.1 Å². The molecular weight excluding hydrogens is 202 g/mol. The minimum Gasteiger partial charge on any atom is -0.495 e. The molecule has 0 amide bonds. The van der Waals surface area contributed by atoms with E-state index >= 15 is 0 Å². The summed E-state index contributed by atoms with van der Waals surface area (Å²) in [5, 5.41) is 0. The van der Waals surface area contributed by atoms with Gasteiger partial charge in [0.15, 0.2) is 0 Å². The van der Waals surface area contributed by atoms with Crippen molar-refractivity contribution in [1.29, 1.82) is 0 Å². The van der Waals surface area contributed by atoms with E-state index in [1.54, 1.807) is 13.3 Å². The fourth-order valence-electron chi connectivity index (χ4n) is 1.50. The molecule has 1 aromatic heterocycles. The zero-order valence-corrected chi connectivity index (χ0v) is 10.1. The van der Waals surface area contributed by atoms with E-state index in [-0.39, 0.29) is 0 Å². The van der Waals surface area contributed by atoms with Gasteiger partial charge in [-0.05, 0) is 31.5 Å². The Labute approximate surface area is 97.4 Å². The first kappa shape index (κ1) is 12.8. The molecule has 0 atom stereocenters. The molecule has 16 heavy (non-hydrogen) atoms. The zero-order chi connectivity index (χ0) is 11.8. The van der Waals surface area contributed by atoms with Gasteiger partial charge in [0.2, 0.25) is 0 Å². The van der Waals surface area contributed by atoms with Crippen molar-refractivity contribution >= 4 is 5.82 Å². The van der Waals surface area contributed by atoms with Gasteiger partial charge in [-0.2, -0.15) is 0 Å². The standard InChI is InChI=1S/C12H21N3O/c1-15(9-5-3-4-8-13)12-7-6-11(16-2)10-14-12/h6-7,10H,3-5,8-9,13H2,1-2H3. The van der Waals surface area contributed by atoms with Crippen molar-refractivity contribution in [1.82, 2.24) is 4.98 Å². The summed E-state index contributed by atoms with van der Waals surface area (Å²) >= 11 is 0. The molecule has 4 nitrogen and oxygen atoms in total. The maximum Gasteiger partial charge on any atom is 0.137 e. The minimum atomic E-state index is 0.782. The molecule has 0 unspecified atom stereocenters. The first-order chi connectivity index (χ1) is 7.77. The Morgan fingerprint density at radius 1 is 1.31 bits per heavy atom. The zero-order valence-electron chi connectivity index (χ0n) is 10.1. The molecule has 4 heteroatoms. The number of nitrogens with zero attached hydrogens (tertiary/aromatic N) is 2. The molecule has 0 aromatic carbocycles. The lowest BCUT2D eigenvalue weighted by atomic mass is 10.2. The van der Waals surface area contributed by atoms with Crippen LogP contribution in [0.2, 0.25) is 0 Å². The number of unbranched alkanes of at least 4 members (excludes halogenated alkanes) is 2. The summed E-state index contributed by atoms with van der Waals surface area (Å²) < 4.78 is 5.07. The van der Waals surface area contributed by atoms with Gasteiger partial charge in [-0.25, -0.2) is 4.98 Å². The molecule has 90 valence electrons. The van der Waals surface area contributed by atoms with Crippen molar-refractivity contribution in [2.45, 2.75) is 19.3 Å². The van der Waals surface area contributed by atoms with E-state index in [2.05, 4.69) is 16.9 Å². The monoisotopic (exact) mass is 223 g/mol. The number of pyridine rings is 1. The minimum absolute atomic E-state index is 0.782. The largest absolute Gasteiger partial charge is 0.495 e. The summed E-state index contributed by atoms with van der Waals surface area (Å²) in [5.74, 6) is 1.77. The van der Waals surface area contributed by atoms with Crippen LogP contribution in [-0.2, 0) is 0 Å². The molecule has 0 saturated heterocycles. The van der Waals surface area contributed by atoms with Gasteiger partial charge in [0.25, 0.3) is 0 Å². The number of aromatic nitrogens is 1. The van der Waals surface area contributed by atoms with E-state index < -0.39 is 0 Å². The lowest BCUT2D eigenvalue weighted by Crippen LogP contribution is -2.19. The summed E-state index contributed by atoms with van der Waals surface area (Å²) in [6.07, 6.45) is 5.17. The number of hydrogen-bond acceptors (Lipinski definition) is 4. The summed E-state index contributed by atoms with van der Waals surface area (Å²) in [6, 6.07) is 3.90. The van der Waals surface area contributed by atoms with Gasteiger partial charge in [0.05, 0.1) is 13.3 Å². The second-order valence-electron chi connectivity index (χ2n) is 3.83. The number of anilines is 1. The molecule has 0 aliphatic rings. The molecule has 0 radical (unpaired) electrons. The van der Waals surface area contributed by atoms with Gasteiger partial charge >= 0.3 is 0 Å². The first-order valence-corrected chi connectivity index (χ1v) is 5.69. The van der Waals surface area contributed by atoms with E-state index in [1.807, 2.05) is 12.1 Å². The van der Waals surface area contributed by atoms with Crippen molar-refractivity contribution < 1.29 is 4.74 Å². The van der Waals surface area contributed by atoms with E-state index in [1.165, 1.54) is 6.42 Å². The number of nitrogens with two attached hydrogens (primary N) is 1. The molecular formula is C12H21N3O. The van der Waals surface area contributed by atoms with E-state index in [4.69, 9.17) is 10.5 Å². The lowest BCUT2D eigenvalue weighted by Gasteiger charge is -2.17. The third-order valence-corrected chi connectivity index (χ3v) is 2.55. The third-order valence-electron chi connectivity index (χ3n) is 2.55. The van der Waals surface area contributed by atoms with Gasteiger partial charge in [-0.3, -0.25) is 0 Å². The summed E-state index contributed by atoms with van der Waals surface area (Å²) in [7, 11) is 3.70. The van der Waals surface area contributed by atoms with Crippen LogP contribution in [0.15, 0.2) is 18.3 Å². The Balaban J connectivity index is 2.37. The normalized spacial score (nSPS) is 10.2.